The van der Waals surface area contributed by atoms with Gasteiger partial charge in [-0.25, -0.2) is 9.97 Å². The number of anilines is 1. The van der Waals surface area contributed by atoms with Gasteiger partial charge < -0.3 is 10.2 Å². The molecular weight excluding hydrogens is 373 g/mol. The van der Waals surface area contributed by atoms with E-state index in [0.29, 0.717) is 43.4 Å². The number of benzene rings is 1. The highest BCUT2D eigenvalue weighted by Gasteiger charge is 2.36. The SMILES string of the molecule is O=C1NCCc2c1nc(-c1ccccc1)nc2N1CCC(OC(F)(F)F)CC1. The fourth-order valence-electron chi connectivity index (χ4n) is 3.63. The number of aromatic nitrogens is 2. The summed E-state index contributed by atoms with van der Waals surface area (Å²) in [5, 5.41) is 2.79. The highest BCUT2D eigenvalue weighted by Crippen LogP contribution is 2.31. The number of rotatable bonds is 3. The Morgan fingerprint density at radius 1 is 1.11 bits per heavy atom. The molecule has 1 amide bonds. The van der Waals surface area contributed by atoms with Crippen LogP contribution in [0.25, 0.3) is 11.4 Å². The van der Waals surface area contributed by atoms with Crippen LogP contribution in [-0.4, -0.2) is 48.0 Å². The highest BCUT2D eigenvalue weighted by atomic mass is 19.4. The van der Waals surface area contributed by atoms with Gasteiger partial charge in [-0.15, -0.1) is 13.2 Å². The summed E-state index contributed by atoms with van der Waals surface area (Å²) in [6, 6.07) is 9.31. The van der Waals surface area contributed by atoms with E-state index in [1.54, 1.807) is 0 Å². The average Bonchev–Trinajstić information content (AvgIpc) is 2.68. The van der Waals surface area contributed by atoms with Gasteiger partial charge in [0.2, 0.25) is 0 Å². The molecule has 2 aliphatic rings. The van der Waals surface area contributed by atoms with Crippen LogP contribution in [0.1, 0.15) is 28.9 Å². The first-order chi connectivity index (χ1) is 13.4. The summed E-state index contributed by atoms with van der Waals surface area (Å²) < 4.78 is 41.6. The van der Waals surface area contributed by atoms with Gasteiger partial charge in [-0.05, 0) is 19.3 Å². The van der Waals surface area contributed by atoms with Crippen LogP contribution < -0.4 is 10.2 Å². The molecule has 0 atom stereocenters. The van der Waals surface area contributed by atoms with Crippen molar-refractivity contribution in [1.82, 2.24) is 15.3 Å². The van der Waals surface area contributed by atoms with Crippen LogP contribution in [0.15, 0.2) is 30.3 Å². The van der Waals surface area contributed by atoms with Gasteiger partial charge in [0, 0.05) is 30.8 Å². The molecule has 0 bridgehead atoms. The maximum absolute atomic E-state index is 12.5. The fraction of sp³-hybridized carbons (Fsp3) is 0.421. The number of carbonyl (C=O) groups is 1. The molecule has 6 nitrogen and oxygen atoms in total. The molecule has 1 aromatic heterocycles. The minimum atomic E-state index is -4.63. The molecule has 0 unspecified atom stereocenters. The van der Waals surface area contributed by atoms with Crippen molar-refractivity contribution in [3.63, 3.8) is 0 Å². The molecule has 148 valence electrons. The summed E-state index contributed by atoms with van der Waals surface area (Å²) in [5.74, 6) is 0.807. The number of nitrogens with one attached hydrogen (secondary N) is 1. The van der Waals surface area contributed by atoms with Crippen LogP contribution in [-0.2, 0) is 11.2 Å². The van der Waals surface area contributed by atoms with Crippen LogP contribution in [0.2, 0.25) is 0 Å². The van der Waals surface area contributed by atoms with Crippen LogP contribution in [0.3, 0.4) is 0 Å². The lowest BCUT2D eigenvalue weighted by molar-refractivity contribution is -0.344. The Morgan fingerprint density at radius 3 is 2.50 bits per heavy atom. The fourth-order valence-corrected chi connectivity index (χ4v) is 3.63. The van der Waals surface area contributed by atoms with Crippen molar-refractivity contribution in [3.8, 4) is 11.4 Å². The zero-order valence-corrected chi connectivity index (χ0v) is 15.0. The molecule has 1 aromatic carbocycles. The van der Waals surface area contributed by atoms with Crippen molar-refractivity contribution in [3.05, 3.63) is 41.6 Å². The summed E-state index contributed by atoms with van der Waals surface area (Å²) in [6.07, 6.45) is -4.41. The van der Waals surface area contributed by atoms with Crippen molar-refractivity contribution in [2.24, 2.45) is 0 Å². The van der Waals surface area contributed by atoms with Crippen molar-refractivity contribution in [2.45, 2.75) is 31.7 Å². The third-order valence-corrected chi connectivity index (χ3v) is 4.93. The molecule has 0 radical (unpaired) electrons. The Kier molecular flexibility index (Phi) is 4.92. The van der Waals surface area contributed by atoms with E-state index in [2.05, 4.69) is 20.0 Å². The standard InChI is InChI=1S/C19H19F3N4O2/c20-19(21,22)28-13-7-10-26(11-8-13)17-14-6-9-23-18(27)15(14)24-16(25-17)12-4-2-1-3-5-12/h1-5,13H,6-11H2,(H,23,27). The van der Waals surface area contributed by atoms with E-state index in [0.717, 1.165) is 11.1 Å². The summed E-state index contributed by atoms with van der Waals surface area (Å²) in [4.78, 5) is 23.4. The van der Waals surface area contributed by atoms with E-state index in [1.807, 2.05) is 35.2 Å². The van der Waals surface area contributed by atoms with E-state index >= 15 is 0 Å². The maximum atomic E-state index is 12.5. The van der Waals surface area contributed by atoms with Crippen molar-refractivity contribution in [2.75, 3.05) is 24.5 Å². The number of fused-ring (bicyclic) bond motifs is 1. The van der Waals surface area contributed by atoms with E-state index in [-0.39, 0.29) is 18.7 Å². The Morgan fingerprint density at radius 2 is 1.82 bits per heavy atom. The Labute approximate surface area is 159 Å². The first-order valence-electron chi connectivity index (χ1n) is 9.15. The number of carbonyl (C=O) groups excluding carboxylic acids is 1. The quantitative estimate of drug-likeness (QED) is 0.870. The van der Waals surface area contributed by atoms with Gasteiger partial charge in [-0.3, -0.25) is 9.53 Å². The van der Waals surface area contributed by atoms with Gasteiger partial charge in [0.1, 0.15) is 11.5 Å². The third-order valence-electron chi connectivity index (χ3n) is 4.93. The molecule has 1 fully saturated rings. The number of piperidine rings is 1. The van der Waals surface area contributed by atoms with Crippen LogP contribution in [0, 0.1) is 0 Å². The van der Waals surface area contributed by atoms with Crippen molar-refractivity contribution >= 4 is 11.7 Å². The summed E-state index contributed by atoms with van der Waals surface area (Å²) in [7, 11) is 0. The molecule has 4 rings (SSSR count). The lowest BCUT2D eigenvalue weighted by Gasteiger charge is -2.35. The number of hydrogen-bond acceptors (Lipinski definition) is 5. The summed E-state index contributed by atoms with van der Waals surface area (Å²) >= 11 is 0. The molecule has 0 saturated carbocycles. The number of halogens is 3. The summed E-state index contributed by atoms with van der Waals surface area (Å²) in [5.41, 5.74) is 1.86. The predicted molar refractivity (Wildman–Crippen MR) is 95.9 cm³/mol. The topological polar surface area (TPSA) is 67.4 Å². The van der Waals surface area contributed by atoms with E-state index in [1.165, 1.54) is 0 Å². The summed E-state index contributed by atoms with van der Waals surface area (Å²) in [6.45, 7) is 1.24. The Hall–Kier alpha value is -2.68. The first kappa shape index (κ1) is 18.7. The average molecular weight is 392 g/mol. The Balaban J connectivity index is 1.65. The Bertz CT molecular complexity index is 865. The normalized spacial score (nSPS) is 18.0. The van der Waals surface area contributed by atoms with Crippen molar-refractivity contribution < 1.29 is 22.7 Å². The van der Waals surface area contributed by atoms with Crippen molar-refractivity contribution in [1.29, 1.82) is 0 Å². The molecule has 2 aromatic rings. The van der Waals surface area contributed by atoms with E-state index in [9.17, 15) is 18.0 Å². The van der Waals surface area contributed by atoms with E-state index in [4.69, 9.17) is 0 Å². The largest absolute Gasteiger partial charge is 0.522 e. The lowest BCUT2D eigenvalue weighted by atomic mass is 10.0. The zero-order chi connectivity index (χ0) is 19.7. The van der Waals surface area contributed by atoms with E-state index < -0.39 is 12.5 Å². The monoisotopic (exact) mass is 392 g/mol. The minimum absolute atomic E-state index is 0.241. The number of hydrogen-bond donors (Lipinski definition) is 1. The predicted octanol–water partition coefficient (Wildman–Crippen LogP) is 2.93. The van der Waals surface area contributed by atoms with Gasteiger partial charge in [-0.1, -0.05) is 30.3 Å². The second-order valence-corrected chi connectivity index (χ2v) is 6.82. The number of nitrogens with zero attached hydrogens (tertiary/aromatic N) is 3. The first-order valence-corrected chi connectivity index (χ1v) is 9.15. The van der Waals surface area contributed by atoms with Crippen LogP contribution >= 0.6 is 0 Å². The second-order valence-electron chi connectivity index (χ2n) is 6.82. The number of ether oxygens (including phenoxy) is 1. The minimum Gasteiger partial charge on any atom is -0.356 e. The maximum Gasteiger partial charge on any atom is 0.522 e. The van der Waals surface area contributed by atoms with Crippen LogP contribution in [0.5, 0.6) is 0 Å². The second kappa shape index (κ2) is 7.38. The van der Waals surface area contributed by atoms with Gasteiger partial charge in [0.25, 0.3) is 5.91 Å². The number of alkyl halides is 3. The molecule has 28 heavy (non-hydrogen) atoms. The molecule has 3 heterocycles. The molecule has 2 aliphatic heterocycles. The van der Waals surface area contributed by atoms with Gasteiger partial charge >= 0.3 is 6.36 Å². The zero-order valence-electron chi connectivity index (χ0n) is 15.0. The molecule has 1 saturated heterocycles. The smallest absolute Gasteiger partial charge is 0.356 e. The highest BCUT2D eigenvalue weighted by molar-refractivity contribution is 5.96. The van der Waals surface area contributed by atoms with Crippen LogP contribution in [0.4, 0.5) is 19.0 Å². The molecule has 0 aliphatic carbocycles. The molecular formula is C19H19F3N4O2. The third kappa shape index (κ3) is 3.94. The number of amides is 1. The molecule has 9 heteroatoms. The lowest BCUT2D eigenvalue weighted by Crippen LogP contribution is -2.41. The molecule has 0 spiro atoms. The molecule has 1 N–H and O–H groups in total. The van der Waals surface area contributed by atoms with Gasteiger partial charge in [-0.2, -0.15) is 0 Å². The van der Waals surface area contributed by atoms with Gasteiger partial charge in [0.15, 0.2) is 5.82 Å². The van der Waals surface area contributed by atoms with Gasteiger partial charge in [0.05, 0.1) is 6.10 Å².